The Morgan fingerprint density at radius 2 is 2.25 bits per heavy atom. The highest BCUT2D eigenvalue weighted by Crippen LogP contribution is 2.18. The van der Waals surface area contributed by atoms with Gasteiger partial charge in [-0.15, -0.1) is 0 Å². The number of amides is 2. The van der Waals surface area contributed by atoms with Gasteiger partial charge < -0.3 is 15.0 Å². The summed E-state index contributed by atoms with van der Waals surface area (Å²) in [5.41, 5.74) is 0.632. The Morgan fingerprint density at radius 1 is 1.50 bits per heavy atom. The molecule has 1 saturated heterocycles. The van der Waals surface area contributed by atoms with Crippen molar-refractivity contribution in [2.75, 3.05) is 13.1 Å². The predicted molar refractivity (Wildman–Crippen MR) is 93.3 cm³/mol. The van der Waals surface area contributed by atoms with E-state index in [9.17, 15) is 9.59 Å². The van der Waals surface area contributed by atoms with Crippen LogP contribution in [0.15, 0.2) is 24.5 Å². The van der Waals surface area contributed by atoms with Gasteiger partial charge in [0.05, 0.1) is 0 Å². The molecule has 1 aliphatic heterocycles. The topological polar surface area (TPSA) is 71.5 Å². The molecule has 6 nitrogen and oxygen atoms in total. The molecule has 2 rings (SSSR count). The van der Waals surface area contributed by atoms with Gasteiger partial charge in [-0.05, 0) is 51.2 Å². The first-order valence-corrected chi connectivity index (χ1v) is 8.35. The van der Waals surface area contributed by atoms with Gasteiger partial charge in [-0.2, -0.15) is 0 Å². The molecule has 0 spiro atoms. The third-order valence-corrected chi connectivity index (χ3v) is 3.42. The zero-order valence-electron chi connectivity index (χ0n) is 15.1. The molecule has 0 bridgehead atoms. The van der Waals surface area contributed by atoms with Crippen molar-refractivity contribution >= 4 is 12.5 Å². The summed E-state index contributed by atoms with van der Waals surface area (Å²) in [7, 11) is 0. The number of nitrogens with one attached hydrogen (secondary N) is 1. The second-order valence-electron chi connectivity index (χ2n) is 7.03. The van der Waals surface area contributed by atoms with Gasteiger partial charge in [-0.3, -0.25) is 9.78 Å². The molecule has 0 aromatic carbocycles. The maximum atomic E-state index is 11.7. The van der Waals surface area contributed by atoms with Crippen molar-refractivity contribution in [3.63, 3.8) is 0 Å². The van der Waals surface area contributed by atoms with Crippen LogP contribution in [0.5, 0.6) is 0 Å². The average molecular weight is 335 g/mol. The van der Waals surface area contributed by atoms with E-state index in [0.29, 0.717) is 18.9 Å². The molecule has 1 atom stereocenters. The van der Waals surface area contributed by atoms with Crippen LogP contribution >= 0.6 is 0 Å². The van der Waals surface area contributed by atoms with E-state index in [4.69, 9.17) is 4.74 Å². The van der Waals surface area contributed by atoms with Crippen LogP contribution in [-0.4, -0.2) is 41.1 Å². The van der Waals surface area contributed by atoms with E-state index in [1.807, 2.05) is 37.8 Å². The SMILES string of the molecule is CC1CCCN(C(=O)OC(C)(C)C)C1.O=CNCc1cccnc1. The first-order chi connectivity index (χ1) is 11.3. The van der Waals surface area contributed by atoms with Gasteiger partial charge in [0.15, 0.2) is 0 Å². The summed E-state index contributed by atoms with van der Waals surface area (Å²) in [6, 6.07) is 3.74. The molecule has 1 unspecified atom stereocenters. The summed E-state index contributed by atoms with van der Waals surface area (Å²) in [6.07, 6.45) is 6.25. The maximum Gasteiger partial charge on any atom is 0.410 e. The number of piperidine rings is 1. The minimum Gasteiger partial charge on any atom is -0.444 e. The molecule has 2 amide bonds. The fraction of sp³-hybridized carbons (Fsp3) is 0.611. The van der Waals surface area contributed by atoms with Crippen LogP contribution in [0.3, 0.4) is 0 Å². The number of aromatic nitrogens is 1. The fourth-order valence-electron chi connectivity index (χ4n) is 2.34. The largest absolute Gasteiger partial charge is 0.444 e. The van der Waals surface area contributed by atoms with Gasteiger partial charge in [0.25, 0.3) is 0 Å². The number of hydrogen-bond donors (Lipinski definition) is 1. The number of rotatable bonds is 3. The van der Waals surface area contributed by atoms with Crippen LogP contribution < -0.4 is 5.32 Å². The molecule has 0 aliphatic carbocycles. The van der Waals surface area contributed by atoms with Gasteiger partial charge in [-0.1, -0.05) is 13.0 Å². The normalized spacial score (nSPS) is 17.3. The van der Waals surface area contributed by atoms with Crippen LogP contribution in [0, 0.1) is 5.92 Å². The number of hydrogen-bond acceptors (Lipinski definition) is 4. The van der Waals surface area contributed by atoms with Gasteiger partial charge in [0.1, 0.15) is 5.60 Å². The van der Waals surface area contributed by atoms with Crippen LogP contribution in [0.1, 0.15) is 46.1 Å². The lowest BCUT2D eigenvalue weighted by Crippen LogP contribution is -2.42. The Balaban J connectivity index is 0.000000254. The third-order valence-electron chi connectivity index (χ3n) is 3.42. The molecule has 2 heterocycles. The first kappa shape index (κ1) is 19.9. The molecule has 6 heteroatoms. The minimum absolute atomic E-state index is 0.163. The Bertz CT molecular complexity index is 500. The quantitative estimate of drug-likeness (QED) is 0.862. The summed E-state index contributed by atoms with van der Waals surface area (Å²) in [4.78, 5) is 27.2. The number of carbonyl (C=O) groups is 2. The molecular formula is C18H29N3O3. The number of nitrogens with zero attached hydrogens (tertiary/aromatic N) is 2. The number of ether oxygens (including phenoxy) is 1. The van der Waals surface area contributed by atoms with Crippen LogP contribution in [0.4, 0.5) is 4.79 Å². The lowest BCUT2D eigenvalue weighted by Gasteiger charge is -2.32. The fourth-order valence-corrected chi connectivity index (χ4v) is 2.34. The predicted octanol–water partition coefficient (Wildman–Crippen LogP) is 2.98. The number of pyridine rings is 1. The Labute approximate surface area is 144 Å². The van der Waals surface area contributed by atoms with Crippen molar-refractivity contribution in [3.8, 4) is 0 Å². The van der Waals surface area contributed by atoms with Crippen molar-refractivity contribution < 1.29 is 14.3 Å². The molecule has 1 aromatic heterocycles. The molecule has 134 valence electrons. The minimum atomic E-state index is -0.377. The first-order valence-electron chi connectivity index (χ1n) is 8.35. The molecule has 1 aromatic rings. The maximum absolute atomic E-state index is 11.7. The highest BCUT2D eigenvalue weighted by atomic mass is 16.6. The zero-order valence-corrected chi connectivity index (χ0v) is 15.1. The van der Waals surface area contributed by atoms with E-state index >= 15 is 0 Å². The zero-order chi connectivity index (χ0) is 18.0. The lowest BCUT2D eigenvalue weighted by molar-refractivity contribution is -0.109. The van der Waals surface area contributed by atoms with Gasteiger partial charge in [0, 0.05) is 32.0 Å². The van der Waals surface area contributed by atoms with Crippen molar-refractivity contribution in [2.45, 2.75) is 52.7 Å². The van der Waals surface area contributed by atoms with Gasteiger partial charge >= 0.3 is 6.09 Å². The molecular weight excluding hydrogens is 306 g/mol. The standard InChI is InChI=1S/C11H21NO2.C7H8N2O/c1-9-6-5-7-12(8-9)10(13)14-11(2,3)4;10-6-9-5-7-2-1-3-8-4-7/h9H,5-8H2,1-4H3;1-4,6H,5H2,(H,9,10). The molecule has 1 N–H and O–H groups in total. The highest BCUT2D eigenvalue weighted by molar-refractivity contribution is 5.68. The van der Waals surface area contributed by atoms with Crippen molar-refractivity contribution in [1.29, 1.82) is 0 Å². The van der Waals surface area contributed by atoms with E-state index in [1.165, 1.54) is 6.42 Å². The molecule has 0 radical (unpaired) electrons. The lowest BCUT2D eigenvalue weighted by atomic mass is 10.0. The molecule has 1 aliphatic rings. The van der Waals surface area contributed by atoms with Gasteiger partial charge in [-0.25, -0.2) is 4.79 Å². The van der Waals surface area contributed by atoms with E-state index in [0.717, 1.165) is 25.1 Å². The molecule has 1 fully saturated rings. The second-order valence-corrected chi connectivity index (χ2v) is 7.03. The summed E-state index contributed by atoms with van der Waals surface area (Å²) in [5.74, 6) is 0.608. The van der Waals surface area contributed by atoms with E-state index in [-0.39, 0.29) is 11.7 Å². The van der Waals surface area contributed by atoms with Crippen molar-refractivity contribution in [3.05, 3.63) is 30.1 Å². The van der Waals surface area contributed by atoms with E-state index in [1.54, 1.807) is 12.4 Å². The smallest absolute Gasteiger partial charge is 0.410 e. The second kappa shape index (κ2) is 9.90. The Morgan fingerprint density at radius 3 is 2.79 bits per heavy atom. The molecule has 24 heavy (non-hydrogen) atoms. The summed E-state index contributed by atoms with van der Waals surface area (Å²) >= 11 is 0. The summed E-state index contributed by atoms with van der Waals surface area (Å²) in [5, 5.41) is 2.54. The molecule has 0 saturated carbocycles. The summed E-state index contributed by atoms with van der Waals surface area (Å²) < 4.78 is 5.31. The van der Waals surface area contributed by atoms with E-state index in [2.05, 4.69) is 17.2 Å². The van der Waals surface area contributed by atoms with Crippen LogP contribution in [0.2, 0.25) is 0 Å². The Hall–Kier alpha value is -2.11. The van der Waals surface area contributed by atoms with Crippen LogP contribution in [0.25, 0.3) is 0 Å². The number of carbonyl (C=O) groups excluding carboxylic acids is 2. The Kier molecular flexibility index (Phi) is 8.22. The van der Waals surface area contributed by atoms with Crippen LogP contribution in [-0.2, 0) is 16.1 Å². The monoisotopic (exact) mass is 335 g/mol. The highest BCUT2D eigenvalue weighted by Gasteiger charge is 2.25. The third kappa shape index (κ3) is 8.50. The van der Waals surface area contributed by atoms with Crippen molar-refractivity contribution in [1.82, 2.24) is 15.2 Å². The summed E-state index contributed by atoms with van der Waals surface area (Å²) in [6.45, 7) is 10.1. The number of likely N-dealkylation sites (tertiary alicyclic amines) is 1. The van der Waals surface area contributed by atoms with Gasteiger partial charge in [0.2, 0.25) is 6.41 Å². The van der Waals surface area contributed by atoms with E-state index < -0.39 is 0 Å². The average Bonchev–Trinajstić information content (AvgIpc) is 2.53. The van der Waals surface area contributed by atoms with Crippen molar-refractivity contribution in [2.24, 2.45) is 5.92 Å².